The number of hydrogen-bond donors (Lipinski definition) is 2. The van der Waals surface area contributed by atoms with Crippen LogP contribution in [0.2, 0.25) is 0 Å². The lowest BCUT2D eigenvalue weighted by Crippen LogP contribution is -2.33. The molecule has 4 aromatic rings. The molecule has 1 fully saturated rings. The Morgan fingerprint density at radius 1 is 1.09 bits per heavy atom. The van der Waals surface area contributed by atoms with Crippen LogP contribution in [0.5, 0.6) is 23.1 Å². The average Bonchev–Trinajstić information content (AvgIpc) is 3.49. The lowest BCUT2D eigenvalue weighted by atomic mass is 10.2. The monoisotopic (exact) mass is 434 g/mol. The Bertz CT molecular complexity index is 1220. The molecule has 8 nitrogen and oxygen atoms in total. The van der Waals surface area contributed by atoms with Crippen molar-refractivity contribution < 1.29 is 19.3 Å². The number of methoxy groups -OCH3 is 1. The standard InChI is InChI=1S/C24H26N4O4/c1-30-22-11-19-21(12-23(22)31-14-17(29)13-28-8-2-3-9-28)26-15-27-24(19)32-18-4-5-20-16(10-18)6-7-25-20/h4-7,10-12,15,17,25,29H,2-3,8-9,13-14H2,1H3. The molecule has 1 saturated heterocycles. The third kappa shape index (κ3) is 4.32. The van der Waals surface area contributed by atoms with E-state index in [9.17, 15) is 5.11 Å². The fraction of sp³-hybridized carbons (Fsp3) is 0.333. The molecule has 1 unspecified atom stereocenters. The Labute approximate surface area is 185 Å². The van der Waals surface area contributed by atoms with E-state index >= 15 is 0 Å². The van der Waals surface area contributed by atoms with Gasteiger partial charge in [-0.05, 0) is 56.3 Å². The summed E-state index contributed by atoms with van der Waals surface area (Å²) in [7, 11) is 1.58. The van der Waals surface area contributed by atoms with Crippen LogP contribution in [0.25, 0.3) is 21.8 Å². The normalized spacial score (nSPS) is 15.3. The molecule has 0 amide bonds. The molecule has 1 aliphatic heterocycles. The van der Waals surface area contributed by atoms with E-state index in [1.165, 1.54) is 19.2 Å². The summed E-state index contributed by atoms with van der Waals surface area (Å²) in [4.78, 5) is 14.1. The summed E-state index contributed by atoms with van der Waals surface area (Å²) in [5.41, 5.74) is 1.71. The zero-order chi connectivity index (χ0) is 21.9. The molecule has 0 bridgehead atoms. The van der Waals surface area contributed by atoms with Crippen molar-refractivity contribution in [1.29, 1.82) is 0 Å². The van der Waals surface area contributed by atoms with E-state index in [2.05, 4.69) is 19.9 Å². The van der Waals surface area contributed by atoms with Gasteiger partial charge in [-0.2, -0.15) is 0 Å². The molecule has 5 rings (SSSR count). The van der Waals surface area contributed by atoms with Gasteiger partial charge in [-0.3, -0.25) is 0 Å². The van der Waals surface area contributed by atoms with Gasteiger partial charge < -0.3 is 29.2 Å². The number of likely N-dealkylation sites (tertiary alicyclic amines) is 1. The van der Waals surface area contributed by atoms with Crippen molar-refractivity contribution in [2.24, 2.45) is 0 Å². The topological polar surface area (TPSA) is 92.7 Å². The Hall–Kier alpha value is -3.36. The SMILES string of the molecule is COc1cc2c(Oc3ccc4[nH]ccc4c3)ncnc2cc1OCC(O)CN1CCCC1. The number of nitrogens with one attached hydrogen (secondary N) is 1. The van der Waals surface area contributed by atoms with Crippen molar-refractivity contribution in [2.75, 3.05) is 33.4 Å². The number of aromatic amines is 1. The molecular formula is C24H26N4O4. The van der Waals surface area contributed by atoms with E-state index < -0.39 is 6.10 Å². The Kier molecular flexibility index (Phi) is 5.79. The van der Waals surface area contributed by atoms with Crippen LogP contribution in [0.4, 0.5) is 0 Å². The largest absolute Gasteiger partial charge is 0.493 e. The fourth-order valence-corrected chi connectivity index (χ4v) is 4.10. The predicted molar refractivity (Wildman–Crippen MR) is 122 cm³/mol. The van der Waals surface area contributed by atoms with Gasteiger partial charge in [0.2, 0.25) is 5.88 Å². The van der Waals surface area contributed by atoms with Gasteiger partial charge >= 0.3 is 0 Å². The highest BCUT2D eigenvalue weighted by atomic mass is 16.5. The number of hydrogen-bond acceptors (Lipinski definition) is 7. The Morgan fingerprint density at radius 2 is 1.97 bits per heavy atom. The second-order valence-electron chi connectivity index (χ2n) is 8.00. The lowest BCUT2D eigenvalue weighted by Gasteiger charge is -2.20. The molecule has 0 radical (unpaired) electrons. The molecule has 32 heavy (non-hydrogen) atoms. The number of ether oxygens (including phenoxy) is 3. The molecule has 8 heteroatoms. The molecule has 0 saturated carbocycles. The van der Waals surface area contributed by atoms with E-state index in [1.54, 1.807) is 13.2 Å². The molecular weight excluding hydrogens is 408 g/mol. The maximum Gasteiger partial charge on any atom is 0.230 e. The van der Waals surface area contributed by atoms with Gasteiger partial charge in [-0.15, -0.1) is 0 Å². The number of nitrogens with zero attached hydrogens (tertiary/aromatic N) is 3. The number of H-pyrrole nitrogens is 1. The van der Waals surface area contributed by atoms with Gasteiger partial charge in [0.05, 0.1) is 18.0 Å². The lowest BCUT2D eigenvalue weighted by molar-refractivity contribution is 0.0747. The van der Waals surface area contributed by atoms with Crippen molar-refractivity contribution >= 4 is 21.8 Å². The first-order chi connectivity index (χ1) is 15.7. The number of fused-ring (bicyclic) bond motifs is 2. The van der Waals surface area contributed by atoms with Crippen LogP contribution in [0, 0.1) is 0 Å². The number of β-amino-alcohol motifs (C(OH)–C–C–N with tert-alkyl or cyclic N) is 1. The van der Waals surface area contributed by atoms with Crippen molar-refractivity contribution in [3.05, 3.63) is 48.9 Å². The number of rotatable bonds is 8. The van der Waals surface area contributed by atoms with E-state index in [1.807, 2.05) is 36.5 Å². The maximum atomic E-state index is 10.4. The van der Waals surface area contributed by atoms with Crippen molar-refractivity contribution in [3.63, 3.8) is 0 Å². The van der Waals surface area contributed by atoms with E-state index in [0.29, 0.717) is 40.6 Å². The smallest absolute Gasteiger partial charge is 0.230 e. The van der Waals surface area contributed by atoms with Crippen LogP contribution >= 0.6 is 0 Å². The van der Waals surface area contributed by atoms with Gasteiger partial charge in [-0.25, -0.2) is 9.97 Å². The van der Waals surface area contributed by atoms with Crippen molar-refractivity contribution in [2.45, 2.75) is 18.9 Å². The summed E-state index contributed by atoms with van der Waals surface area (Å²) in [6.45, 7) is 2.87. The minimum absolute atomic E-state index is 0.184. The minimum Gasteiger partial charge on any atom is -0.493 e. The highest BCUT2D eigenvalue weighted by Crippen LogP contribution is 2.36. The van der Waals surface area contributed by atoms with Gasteiger partial charge in [0, 0.05) is 29.7 Å². The first-order valence-electron chi connectivity index (χ1n) is 10.8. The fourth-order valence-electron chi connectivity index (χ4n) is 4.10. The summed E-state index contributed by atoms with van der Waals surface area (Å²) >= 11 is 0. The zero-order valence-electron chi connectivity index (χ0n) is 18.0. The highest BCUT2D eigenvalue weighted by molar-refractivity contribution is 5.87. The van der Waals surface area contributed by atoms with E-state index in [4.69, 9.17) is 14.2 Å². The minimum atomic E-state index is -0.568. The third-order valence-corrected chi connectivity index (χ3v) is 5.72. The number of aliphatic hydroxyl groups is 1. The molecule has 166 valence electrons. The van der Waals surface area contributed by atoms with Crippen LogP contribution in [0.1, 0.15) is 12.8 Å². The Morgan fingerprint density at radius 3 is 2.81 bits per heavy atom. The first kappa shape index (κ1) is 20.5. The van der Waals surface area contributed by atoms with E-state index in [0.717, 1.165) is 24.0 Å². The quantitative estimate of drug-likeness (QED) is 0.436. The van der Waals surface area contributed by atoms with Crippen molar-refractivity contribution in [1.82, 2.24) is 19.9 Å². The van der Waals surface area contributed by atoms with Crippen LogP contribution in [-0.2, 0) is 0 Å². The maximum absolute atomic E-state index is 10.4. The zero-order valence-corrected chi connectivity index (χ0v) is 18.0. The van der Waals surface area contributed by atoms with Crippen LogP contribution in [-0.4, -0.2) is 64.4 Å². The Balaban J connectivity index is 1.36. The second kappa shape index (κ2) is 9.02. The molecule has 3 heterocycles. The molecule has 2 aromatic carbocycles. The van der Waals surface area contributed by atoms with Gasteiger partial charge in [-0.1, -0.05) is 0 Å². The third-order valence-electron chi connectivity index (χ3n) is 5.72. The predicted octanol–water partition coefficient (Wildman–Crippen LogP) is 3.75. The van der Waals surface area contributed by atoms with Gasteiger partial charge in [0.15, 0.2) is 11.5 Å². The molecule has 2 N–H and O–H groups in total. The summed E-state index contributed by atoms with van der Waals surface area (Å²) < 4.78 is 17.5. The van der Waals surface area contributed by atoms with Crippen LogP contribution < -0.4 is 14.2 Å². The molecule has 2 aromatic heterocycles. The highest BCUT2D eigenvalue weighted by Gasteiger charge is 2.18. The summed E-state index contributed by atoms with van der Waals surface area (Å²) in [5.74, 6) is 2.18. The number of benzene rings is 2. The molecule has 0 aliphatic carbocycles. The average molecular weight is 434 g/mol. The summed E-state index contributed by atoms with van der Waals surface area (Å²) in [6.07, 6.45) is 5.17. The second-order valence-corrected chi connectivity index (χ2v) is 8.00. The molecule has 1 atom stereocenters. The first-order valence-corrected chi connectivity index (χ1v) is 10.8. The number of aromatic nitrogens is 3. The number of aliphatic hydroxyl groups excluding tert-OH is 1. The van der Waals surface area contributed by atoms with Gasteiger partial charge in [0.1, 0.15) is 24.8 Å². The van der Waals surface area contributed by atoms with Crippen LogP contribution in [0.3, 0.4) is 0 Å². The van der Waals surface area contributed by atoms with Crippen LogP contribution in [0.15, 0.2) is 48.9 Å². The van der Waals surface area contributed by atoms with Crippen molar-refractivity contribution in [3.8, 4) is 23.1 Å². The molecule has 1 aliphatic rings. The summed E-state index contributed by atoms with van der Waals surface area (Å²) in [6, 6.07) is 11.4. The molecule has 0 spiro atoms. The van der Waals surface area contributed by atoms with Gasteiger partial charge in [0.25, 0.3) is 0 Å². The van der Waals surface area contributed by atoms with E-state index in [-0.39, 0.29) is 6.61 Å². The summed E-state index contributed by atoms with van der Waals surface area (Å²) in [5, 5.41) is 12.1.